The summed E-state index contributed by atoms with van der Waals surface area (Å²) in [6.45, 7) is 1.60. The first-order valence-electron chi connectivity index (χ1n) is 12.0. The number of hydrogen-bond donors (Lipinski definition) is 2. The van der Waals surface area contributed by atoms with Gasteiger partial charge in [-0.15, -0.1) is 0 Å². The molecule has 2 N–H and O–H groups in total. The van der Waals surface area contributed by atoms with Crippen LogP contribution in [0.5, 0.6) is 28.7 Å². The van der Waals surface area contributed by atoms with Crippen molar-refractivity contribution >= 4 is 5.97 Å². The zero-order valence-electron chi connectivity index (χ0n) is 21.8. The number of phenolic OH excluding ortho intramolecular Hbond substituents is 1. The molecule has 0 spiro atoms. The minimum atomic E-state index is -0.884. The molecule has 4 rings (SSSR count). The van der Waals surface area contributed by atoms with Crippen molar-refractivity contribution in [3.63, 3.8) is 0 Å². The summed E-state index contributed by atoms with van der Waals surface area (Å²) in [6.07, 6.45) is 0.544. The Morgan fingerprint density at radius 2 is 1.66 bits per heavy atom. The van der Waals surface area contributed by atoms with Gasteiger partial charge in [-0.25, -0.2) is 0 Å². The Morgan fingerprint density at radius 3 is 2.29 bits per heavy atom. The lowest BCUT2D eigenvalue weighted by Gasteiger charge is -2.29. The van der Waals surface area contributed by atoms with E-state index in [1.54, 1.807) is 20.3 Å². The minimum absolute atomic E-state index is 0.0775. The van der Waals surface area contributed by atoms with Gasteiger partial charge in [0.25, 0.3) is 0 Å². The number of carbonyl (C=O) groups is 1. The van der Waals surface area contributed by atoms with Crippen molar-refractivity contribution in [1.29, 1.82) is 0 Å². The standard InChI is InChI=1S/C28H31NO9/c1-34-23-6-5-17(9-21(23)30)20(13-26(32)37-4)28-27(33)22(31)12-19(38-28)15-29-8-7-16-10-24(35-2)25(36-3)11-18(16)14-29/h5-6,9-12,20,30,33H,7-8,13-15H2,1-4H3/t20-/m0/s1. The summed E-state index contributed by atoms with van der Waals surface area (Å²) in [4.78, 5) is 27.1. The summed E-state index contributed by atoms with van der Waals surface area (Å²) in [5.74, 6) is -0.401. The van der Waals surface area contributed by atoms with Crippen molar-refractivity contribution in [1.82, 2.24) is 4.90 Å². The number of carbonyl (C=O) groups excluding carboxylic acids is 1. The molecule has 1 atom stereocenters. The Hall–Kier alpha value is -4.18. The largest absolute Gasteiger partial charge is 0.504 e. The molecule has 0 saturated carbocycles. The molecule has 0 saturated heterocycles. The number of aromatic hydroxyl groups is 2. The molecule has 0 amide bonds. The van der Waals surface area contributed by atoms with Crippen LogP contribution in [0.4, 0.5) is 0 Å². The number of rotatable bonds is 9. The second kappa shape index (κ2) is 11.5. The van der Waals surface area contributed by atoms with Crippen LogP contribution in [0.1, 0.15) is 40.5 Å². The number of benzene rings is 2. The summed E-state index contributed by atoms with van der Waals surface area (Å²) < 4.78 is 26.8. The summed E-state index contributed by atoms with van der Waals surface area (Å²) in [6, 6.07) is 9.74. The fraction of sp³-hybridized carbons (Fsp3) is 0.357. The van der Waals surface area contributed by atoms with Crippen LogP contribution in [0.15, 0.2) is 45.6 Å². The molecule has 0 aliphatic carbocycles. The average molecular weight is 526 g/mol. The lowest BCUT2D eigenvalue weighted by atomic mass is 9.92. The van der Waals surface area contributed by atoms with E-state index >= 15 is 0 Å². The Kier molecular flexibility index (Phi) is 8.11. The van der Waals surface area contributed by atoms with E-state index in [9.17, 15) is 19.8 Å². The Balaban J connectivity index is 1.66. The van der Waals surface area contributed by atoms with Crippen LogP contribution in [0, 0.1) is 0 Å². The third-order valence-corrected chi connectivity index (χ3v) is 6.70. The van der Waals surface area contributed by atoms with Crippen LogP contribution >= 0.6 is 0 Å². The minimum Gasteiger partial charge on any atom is -0.504 e. The number of nitrogens with zero attached hydrogens (tertiary/aromatic N) is 1. The van der Waals surface area contributed by atoms with Gasteiger partial charge in [-0.2, -0.15) is 0 Å². The van der Waals surface area contributed by atoms with Crippen LogP contribution in [0.25, 0.3) is 0 Å². The van der Waals surface area contributed by atoms with Crippen molar-refractivity contribution in [3.05, 3.63) is 74.8 Å². The fourth-order valence-electron chi connectivity index (χ4n) is 4.70. The number of phenols is 1. The first-order valence-corrected chi connectivity index (χ1v) is 12.0. The average Bonchev–Trinajstić information content (AvgIpc) is 2.92. The number of hydrogen-bond acceptors (Lipinski definition) is 10. The van der Waals surface area contributed by atoms with Gasteiger partial charge >= 0.3 is 5.97 Å². The third kappa shape index (κ3) is 5.55. The highest BCUT2D eigenvalue weighted by Gasteiger charge is 2.28. The molecule has 2 aromatic carbocycles. The zero-order chi connectivity index (χ0) is 27.4. The van der Waals surface area contributed by atoms with Gasteiger partial charge in [-0.05, 0) is 47.4 Å². The molecule has 202 valence electrons. The van der Waals surface area contributed by atoms with Gasteiger partial charge in [0.15, 0.2) is 28.8 Å². The number of esters is 1. The van der Waals surface area contributed by atoms with E-state index in [0.717, 1.165) is 17.5 Å². The van der Waals surface area contributed by atoms with Gasteiger partial charge < -0.3 is 33.6 Å². The number of ether oxygens (including phenoxy) is 4. The molecule has 10 nitrogen and oxygen atoms in total. The topological polar surface area (TPSA) is 128 Å². The predicted molar refractivity (Wildman–Crippen MR) is 137 cm³/mol. The van der Waals surface area contributed by atoms with Crippen molar-refractivity contribution < 1.29 is 38.4 Å². The Bertz CT molecular complexity index is 1380. The van der Waals surface area contributed by atoms with E-state index in [1.165, 1.54) is 32.4 Å². The van der Waals surface area contributed by atoms with E-state index in [1.807, 2.05) is 12.1 Å². The van der Waals surface area contributed by atoms with Crippen LogP contribution < -0.4 is 19.6 Å². The highest BCUT2D eigenvalue weighted by molar-refractivity contribution is 5.71. The molecule has 0 unspecified atom stereocenters. The monoisotopic (exact) mass is 525 g/mol. The van der Waals surface area contributed by atoms with E-state index in [4.69, 9.17) is 23.4 Å². The molecule has 3 aromatic rings. The lowest BCUT2D eigenvalue weighted by Crippen LogP contribution is -2.30. The van der Waals surface area contributed by atoms with Gasteiger partial charge in [0, 0.05) is 19.2 Å². The van der Waals surface area contributed by atoms with Crippen LogP contribution in [0.3, 0.4) is 0 Å². The summed E-state index contributed by atoms with van der Waals surface area (Å²) >= 11 is 0. The van der Waals surface area contributed by atoms with Gasteiger partial charge in [0.2, 0.25) is 11.2 Å². The maximum Gasteiger partial charge on any atom is 0.306 e. The van der Waals surface area contributed by atoms with Gasteiger partial charge in [-0.3, -0.25) is 14.5 Å². The maximum absolute atomic E-state index is 12.8. The SMILES string of the molecule is COC(=O)C[C@@H](c1ccc(OC)c(O)c1)c1oc(CN2CCc3cc(OC)c(OC)cc3C2)cc(=O)c1O. The normalized spacial score (nSPS) is 13.9. The maximum atomic E-state index is 12.8. The second-order valence-electron chi connectivity index (χ2n) is 8.99. The predicted octanol–water partition coefficient (Wildman–Crippen LogP) is 3.33. The quantitative estimate of drug-likeness (QED) is 0.402. The molecule has 1 aliphatic heterocycles. The Morgan fingerprint density at radius 1 is 0.974 bits per heavy atom. The van der Waals surface area contributed by atoms with E-state index < -0.39 is 23.1 Å². The molecule has 1 aromatic heterocycles. The smallest absolute Gasteiger partial charge is 0.306 e. The molecule has 0 fully saturated rings. The molecular formula is C28H31NO9. The van der Waals surface area contributed by atoms with Gasteiger partial charge in [0.1, 0.15) is 5.76 Å². The molecule has 0 bridgehead atoms. The second-order valence-corrected chi connectivity index (χ2v) is 8.99. The highest BCUT2D eigenvalue weighted by atomic mass is 16.5. The molecule has 38 heavy (non-hydrogen) atoms. The van der Waals surface area contributed by atoms with Crippen LogP contribution in [0.2, 0.25) is 0 Å². The lowest BCUT2D eigenvalue weighted by molar-refractivity contribution is -0.140. The van der Waals surface area contributed by atoms with E-state index in [2.05, 4.69) is 4.90 Å². The van der Waals surface area contributed by atoms with Crippen LogP contribution in [-0.2, 0) is 29.0 Å². The zero-order valence-corrected chi connectivity index (χ0v) is 21.8. The third-order valence-electron chi connectivity index (χ3n) is 6.70. The van der Waals surface area contributed by atoms with Crippen LogP contribution in [-0.4, -0.2) is 56.1 Å². The van der Waals surface area contributed by atoms with Crippen molar-refractivity contribution in [2.24, 2.45) is 0 Å². The number of fused-ring (bicyclic) bond motifs is 1. The van der Waals surface area contributed by atoms with Gasteiger partial charge in [-0.1, -0.05) is 6.07 Å². The van der Waals surface area contributed by atoms with Crippen molar-refractivity contribution in [2.75, 3.05) is 35.0 Å². The van der Waals surface area contributed by atoms with Crippen molar-refractivity contribution in [3.8, 4) is 28.7 Å². The summed E-state index contributed by atoms with van der Waals surface area (Å²) in [7, 11) is 5.85. The first-order chi connectivity index (χ1) is 18.3. The Labute approximate surface area is 219 Å². The molecule has 2 heterocycles. The summed E-state index contributed by atoms with van der Waals surface area (Å²) in [5, 5.41) is 21.0. The van der Waals surface area contributed by atoms with E-state index in [0.29, 0.717) is 42.5 Å². The number of methoxy groups -OCH3 is 4. The molecule has 1 aliphatic rings. The molecular weight excluding hydrogens is 494 g/mol. The molecule has 10 heteroatoms. The fourth-order valence-corrected chi connectivity index (χ4v) is 4.70. The van der Waals surface area contributed by atoms with E-state index in [-0.39, 0.29) is 23.7 Å². The first kappa shape index (κ1) is 26.9. The van der Waals surface area contributed by atoms with Gasteiger partial charge in [0.05, 0.1) is 47.3 Å². The highest BCUT2D eigenvalue weighted by Crippen LogP contribution is 2.38. The molecule has 0 radical (unpaired) electrons. The van der Waals surface area contributed by atoms with Crippen molar-refractivity contribution in [2.45, 2.75) is 31.8 Å². The summed E-state index contributed by atoms with van der Waals surface area (Å²) in [5.41, 5.74) is 2.05.